The Bertz CT molecular complexity index is 684. The molecule has 0 aliphatic carbocycles. The number of hydrogen-bond acceptors (Lipinski definition) is 4. The van der Waals surface area contributed by atoms with Gasteiger partial charge in [-0.25, -0.2) is 0 Å². The van der Waals surface area contributed by atoms with E-state index in [0.29, 0.717) is 15.6 Å². The van der Waals surface area contributed by atoms with Gasteiger partial charge in [0.25, 0.3) is 5.91 Å². The van der Waals surface area contributed by atoms with Crippen LogP contribution >= 0.6 is 22.9 Å². The smallest absolute Gasteiger partial charge is 0.264 e. The third kappa shape index (κ3) is 2.71. The molecule has 0 spiro atoms. The molecule has 1 aromatic heterocycles. The highest BCUT2D eigenvalue weighted by atomic mass is 35.5. The Balaban J connectivity index is 2.31. The first kappa shape index (κ1) is 14.6. The van der Waals surface area contributed by atoms with Crippen molar-refractivity contribution in [1.29, 1.82) is 0 Å². The number of fused-ring (bicyclic) bond motifs is 1. The topological polar surface area (TPSA) is 84.2 Å². The van der Waals surface area contributed by atoms with Gasteiger partial charge in [-0.3, -0.25) is 9.59 Å². The van der Waals surface area contributed by atoms with Gasteiger partial charge in [-0.15, -0.1) is 11.3 Å². The minimum atomic E-state index is -0.624. The molecule has 4 N–H and O–H groups in total. The number of halogens is 1. The summed E-state index contributed by atoms with van der Waals surface area (Å²) in [5.41, 5.74) is 6.37. The Morgan fingerprint density at radius 1 is 1.40 bits per heavy atom. The van der Waals surface area contributed by atoms with Crippen molar-refractivity contribution in [3.63, 3.8) is 0 Å². The zero-order chi connectivity index (χ0) is 14.9. The van der Waals surface area contributed by atoms with Crippen molar-refractivity contribution in [3.8, 4) is 0 Å². The lowest BCUT2D eigenvalue weighted by Gasteiger charge is -2.11. The predicted molar refractivity (Wildman–Crippen MR) is 82.2 cm³/mol. The number of hydrogen-bond donors (Lipinski definition) is 3. The van der Waals surface area contributed by atoms with Gasteiger partial charge in [0.1, 0.15) is 10.9 Å². The van der Waals surface area contributed by atoms with Crippen LogP contribution in [0.5, 0.6) is 0 Å². The van der Waals surface area contributed by atoms with E-state index in [-0.39, 0.29) is 11.8 Å². The van der Waals surface area contributed by atoms with E-state index < -0.39 is 6.04 Å². The quantitative estimate of drug-likeness (QED) is 0.810. The molecule has 0 radical (unpaired) electrons. The van der Waals surface area contributed by atoms with Gasteiger partial charge in [0.2, 0.25) is 5.91 Å². The Morgan fingerprint density at radius 2 is 2.10 bits per heavy atom. The molecule has 2 rings (SSSR count). The van der Waals surface area contributed by atoms with E-state index in [1.165, 1.54) is 18.4 Å². The number of thiophene rings is 1. The molecule has 0 saturated heterocycles. The first-order valence-corrected chi connectivity index (χ1v) is 7.13. The molecular weight excluding hydrogens is 298 g/mol. The second kappa shape index (κ2) is 5.68. The first-order valence-electron chi connectivity index (χ1n) is 5.94. The largest absolute Gasteiger partial charge is 0.397 e. The number of carbonyl (C=O) groups is 2. The van der Waals surface area contributed by atoms with E-state index in [9.17, 15) is 9.59 Å². The first-order chi connectivity index (χ1) is 9.43. The van der Waals surface area contributed by atoms with E-state index in [1.54, 1.807) is 19.1 Å². The number of nitrogens with two attached hydrogens (primary N) is 1. The summed E-state index contributed by atoms with van der Waals surface area (Å²) < 4.78 is 0.879. The average Bonchev–Trinajstić information content (AvgIpc) is 2.75. The van der Waals surface area contributed by atoms with Crippen LogP contribution < -0.4 is 16.4 Å². The molecule has 0 saturated carbocycles. The van der Waals surface area contributed by atoms with Crippen LogP contribution in [0, 0.1) is 0 Å². The number of rotatable bonds is 3. The number of likely N-dealkylation sites (N-methyl/N-ethyl adjacent to an activating group) is 1. The molecule has 0 aliphatic rings. The van der Waals surface area contributed by atoms with Crippen molar-refractivity contribution >= 4 is 50.5 Å². The van der Waals surface area contributed by atoms with Crippen molar-refractivity contribution in [2.24, 2.45) is 0 Å². The zero-order valence-corrected chi connectivity index (χ0v) is 12.6. The van der Waals surface area contributed by atoms with Crippen LogP contribution in [0.15, 0.2) is 18.2 Å². The SMILES string of the molecule is CNC(=O)C(C)NC(=O)c1sc2ccc(Cl)cc2c1N. The third-order valence-corrected chi connectivity index (χ3v) is 4.30. The van der Waals surface area contributed by atoms with Crippen molar-refractivity contribution in [2.75, 3.05) is 12.8 Å². The Morgan fingerprint density at radius 3 is 2.75 bits per heavy atom. The van der Waals surface area contributed by atoms with Crippen molar-refractivity contribution in [1.82, 2.24) is 10.6 Å². The third-order valence-electron chi connectivity index (χ3n) is 2.88. The summed E-state index contributed by atoms with van der Waals surface area (Å²) in [6.07, 6.45) is 0. The highest BCUT2D eigenvalue weighted by molar-refractivity contribution is 7.21. The monoisotopic (exact) mass is 311 g/mol. The van der Waals surface area contributed by atoms with Crippen molar-refractivity contribution in [2.45, 2.75) is 13.0 Å². The highest BCUT2D eigenvalue weighted by Crippen LogP contribution is 2.35. The summed E-state index contributed by atoms with van der Waals surface area (Å²) in [4.78, 5) is 24.0. The minimum absolute atomic E-state index is 0.263. The second-order valence-electron chi connectivity index (χ2n) is 4.29. The summed E-state index contributed by atoms with van der Waals surface area (Å²) >= 11 is 7.19. The van der Waals surface area contributed by atoms with Crippen LogP contribution in [0.1, 0.15) is 16.6 Å². The number of anilines is 1. The molecule has 0 fully saturated rings. The lowest BCUT2D eigenvalue weighted by molar-refractivity contribution is -0.122. The minimum Gasteiger partial charge on any atom is -0.397 e. The van der Waals surface area contributed by atoms with Gasteiger partial charge in [-0.2, -0.15) is 0 Å². The predicted octanol–water partition coefficient (Wildman–Crippen LogP) is 2.00. The number of nitrogen functional groups attached to an aromatic ring is 1. The van der Waals surface area contributed by atoms with Crippen LogP contribution in [-0.4, -0.2) is 24.9 Å². The molecule has 0 bridgehead atoms. The van der Waals surface area contributed by atoms with Gasteiger partial charge in [0.15, 0.2) is 0 Å². The van der Waals surface area contributed by atoms with Crippen LogP contribution in [0.25, 0.3) is 10.1 Å². The lowest BCUT2D eigenvalue weighted by atomic mass is 10.2. The number of carbonyl (C=O) groups excluding carboxylic acids is 2. The standard InChI is InChI=1S/C13H14ClN3O2S/c1-6(12(18)16-2)17-13(19)11-10(15)8-5-7(14)3-4-9(8)20-11/h3-6H,15H2,1-2H3,(H,16,18)(H,17,19). The second-order valence-corrected chi connectivity index (χ2v) is 5.78. The van der Waals surface area contributed by atoms with Crippen molar-refractivity contribution in [3.05, 3.63) is 28.1 Å². The van der Waals surface area contributed by atoms with Crippen LogP contribution in [0.3, 0.4) is 0 Å². The maximum absolute atomic E-state index is 12.2. The van der Waals surface area contributed by atoms with Gasteiger partial charge >= 0.3 is 0 Å². The molecule has 1 aromatic carbocycles. The maximum atomic E-state index is 12.2. The Kier molecular flexibility index (Phi) is 4.15. The molecule has 2 aromatic rings. The van der Waals surface area contributed by atoms with Crippen LogP contribution in [-0.2, 0) is 4.79 Å². The highest BCUT2D eigenvalue weighted by Gasteiger charge is 2.20. The van der Waals surface area contributed by atoms with E-state index in [1.807, 2.05) is 6.07 Å². The molecule has 5 nitrogen and oxygen atoms in total. The molecule has 1 heterocycles. The van der Waals surface area contributed by atoms with E-state index in [0.717, 1.165) is 10.1 Å². The fourth-order valence-corrected chi connectivity index (χ4v) is 2.98. The zero-order valence-electron chi connectivity index (χ0n) is 11.0. The Hall–Kier alpha value is -1.79. The molecule has 20 heavy (non-hydrogen) atoms. The van der Waals surface area contributed by atoms with Gasteiger partial charge in [-0.1, -0.05) is 11.6 Å². The fraction of sp³-hybridized carbons (Fsp3) is 0.231. The molecule has 2 amide bonds. The Labute approximate surface area is 125 Å². The molecule has 7 heteroatoms. The fourth-order valence-electron chi connectivity index (χ4n) is 1.80. The molecule has 106 valence electrons. The van der Waals surface area contributed by atoms with Crippen LogP contribution in [0.2, 0.25) is 5.02 Å². The lowest BCUT2D eigenvalue weighted by Crippen LogP contribution is -2.43. The molecule has 1 atom stereocenters. The van der Waals surface area contributed by atoms with E-state index >= 15 is 0 Å². The van der Waals surface area contributed by atoms with E-state index in [4.69, 9.17) is 17.3 Å². The molecule has 0 aliphatic heterocycles. The summed E-state index contributed by atoms with van der Waals surface area (Å²) in [6.45, 7) is 1.61. The summed E-state index contributed by atoms with van der Waals surface area (Å²) in [5, 5.41) is 6.39. The number of nitrogens with one attached hydrogen (secondary N) is 2. The molecule has 1 unspecified atom stereocenters. The summed E-state index contributed by atoms with van der Waals surface area (Å²) in [6, 6.07) is 4.66. The normalized spacial score (nSPS) is 12.2. The number of amides is 2. The summed E-state index contributed by atoms with van der Waals surface area (Å²) in [5.74, 6) is -0.628. The average molecular weight is 312 g/mol. The number of benzene rings is 1. The van der Waals surface area contributed by atoms with Crippen LogP contribution in [0.4, 0.5) is 5.69 Å². The van der Waals surface area contributed by atoms with Gasteiger partial charge in [-0.05, 0) is 25.1 Å². The molecular formula is C13H14ClN3O2S. The van der Waals surface area contributed by atoms with Gasteiger partial charge < -0.3 is 16.4 Å². The maximum Gasteiger partial charge on any atom is 0.264 e. The van der Waals surface area contributed by atoms with Gasteiger partial charge in [0.05, 0.1) is 5.69 Å². The summed E-state index contributed by atoms with van der Waals surface area (Å²) in [7, 11) is 1.51. The van der Waals surface area contributed by atoms with E-state index in [2.05, 4.69) is 10.6 Å². The van der Waals surface area contributed by atoms with Crippen molar-refractivity contribution < 1.29 is 9.59 Å². The van der Waals surface area contributed by atoms with Gasteiger partial charge in [0, 0.05) is 22.2 Å².